The monoisotopic (exact) mass is 347 g/mol. The largest absolute Gasteiger partial charge is 0.352 e. The summed E-state index contributed by atoms with van der Waals surface area (Å²) in [5.74, 6) is -0.169. The van der Waals surface area contributed by atoms with Gasteiger partial charge in [0, 0.05) is 24.9 Å². The quantitative estimate of drug-likeness (QED) is 0.554. The molecule has 138 valence electrons. The Morgan fingerprint density at radius 2 is 1.76 bits per heavy atom. The van der Waals surface area contributed by atoms with E-state index >= 15 is 0 Å². The van der Waals surface area contributed by atoms with E-state index in [1.807, 2.05) is 13.8 Å². The Bertz CT molecular complexity index is 567. The van der Waals surface area contributed by atoms with Crippen molar-refractivity contribution in [1.82, 2.24) is 10.6 Å². The molecular formula is C19H31N4O2+. The first-order valence-corrected chi connectivity index (χ1v) is 9.24. The van der Waals surface area contributed by atoms with Crippen LogP contribution < -0.4 is 21.3 Å². The lowest BCUT2D eigenvalue weighted by Crippen LogP contribution is -3.08. The van der Waals surface area contributed by atoms with Crippen LogP contribution in [0.25, 0.3) is 0 Å². The van der Waals surface area contributed by atoms with E-state index in [1.165, 1.54) is 31.5 Å². The maximum Gasteiger partial charge on any atom is 0.312 e. The number of benzene rings is 1. The summed E-state index contributed by atoms with van der Waals surface area (Å²) in [5.41, 5.74) is 7.57. The van der Waals surface area contributed by atoms with Gasteiger partial charge in [-0.1, -0.05) is 44.5 Å². The van der Waals surface area contributed by atoms with E-state index < -0.39 is 12.1 Å². The average molecular weight is 347 g/mol. The number of amides is 3. The second-order valence-corrected chi connectivity index (χ2v) is 7.04. The van der Waals surface area contributed by atoms with Crippen LogP contribution in [0.15, 0.2) is 24.3 Å². The molecule has 0 bridgehead atoms. The molecule has 1 heterocycles. The Morgan fingerprint density at radius 1 is 1.16 bits per heavy atom. The molecular weight excluding hydrogens is 316 g/mol. The molecule has 0 aromatic heterocycles. The number of nitrogens with two attached hydrogens (primary N) is 1. The lowest BCUT2D eigenvalue weighted by molar-refractivity contribution is -0.901. The number of carbonyl (C=O) groups is 2. The molecule has 0 saturated carbocycles. The molecule has 2 atom stereocenters. The summed E-state index contributed by atoms with van der Waals surface area (Å²) in [6.07, 6.45) is 3.44. The first-order valence-electron chi connectivity index (χ1n) is 9.24. The molecule has 1 aliphatic heterocycles. The van der Waals surface area contributed by atoms with Crippen LogP contribution in [0.4, 0.5) is 4.79 Å². The fourth-order valence-electron chi connectivity index (χ4n) is 3.27. The van der Waals surface area contributed by atoms with Crippen molar-refractivity contribution in [2.24, 2.45) is 11.7 Å². The molecule has 6 heteroatoms. The SMILES string of the molecule is CC[C@H](C)[C@H](NC(N)=O)C(=O)NCc1ccc(C[NH+]2CCCC2)cc1. The van der Waals surface area contributed by atoms with Gasteiger partial charge in [0.25, 0.3) is 0 Å². The summed E-state index contributed by atoms with van der Waals surface area (Å²) in [7, 11) is 0. The highest BCUT2D eigenvalue weighted by Gasteiger charge is 2.24. The minimum Gasteiger partial charge on any atom is -0.352 e. The van der Waals surface area contributed by atoms with Gasteiger partial charge in [-0.2, -0.15) is 0 Å². The van der Waals surface area contributed by atoms with Crippen molar-refractivity contribution >= 4 is 11.9 Å². The minimum absolute atomic E-state index is 0.0262. The number of quaternary nitrogens is 1. The van der Waals surface area contributed by atoms with Gasteiger partial charge in [0.15, 0.2) is 0 Å². The van der Waals surface area contributed by atoms with Gasteiger partial charge in [-0.05, 0) is 11.5 Å². The fraction of sp³-hybridized carbons (Fsp3) is 0.579. The zero-order valence-electron chi connectivity index (χ0n) is 15.3. The van der Waals surface area contributed by atoms with E-state index in [9.17, 15) is 9.59 Å². The lowest BCUT2D eigenvalue weighted by atomic mass is 9.98. The minimum atomic E-state index is -0.672. The Hall–Kier alpha value is -2.08. The Kier molecular flexibility index (Phi) is 7.25. The normalized spacial score (nSPS) is 17.0. The van der Waals surface area contributed by atoms with Crippen molar-refractivity contribution in [3.05, 3.63) is 35.4 Å². The van der Waals surface area contributed by atoms with Crippen molar-refractivity contribution in [3.8, 4) is 0 Å². The van der Waals surface area contributed by atoms with Crippen molar-refractivity contribution in [2.45, 2.75) is 52.2 Å². The van der Waals surface area contributed by atoms with E-state index in [0.717, 1.165) is 18.5 Å². The zero-order chi connectivity index (χ0) is 18.2. The molecule has 6 nitrogen and oxygen atoms in total. The molecule has 1 fully saturated rings. The first-order chi connectivity index (χ1) is 12.0. The molecule has 2 rings (SSSR count). The number of nitrogens with one attached hydrogen (secondary N) is 3. The summed E-state index contributed by atoms with van der Waals surface area (Å²) in [4.78, 5) is 25.1. The van der Waals surface area contributed by atoms with Gasteiger partial charge in [0.1, 0.15) is 12.6 Å². The third-order valence-electron chi connectivity index (χ3n) is 5.05. The molecule has 25 heavy (non-hydrogen) atoms. The standard InChI is InChI=1S/C19H30N4O2/c1-3-14(2)17(22-19(20)25)18(24)21-12-15-6-8-16(9-7-15)13-23-10-4-5-11-23/h6-9,14,17H,3-5,10-13H2,1-2H3,(H,21,24)(H3,20,22,25)/p+1/t14-,17-/m0/s1. The molecule has 0 spiro atoms. The molecule has 1 aliphatic rings. The highest BCUT2D eigenvalue weighted by atomic mass is 16.2. The Balaban J connectivity index is 1.86. The van der Waals surface area contributed by atoms with Crippen molar-refractivity contribution < 1.29 is 14.5 Å². The predicted octanol–water partition coefficient (Wildman–Crippen LogP) is 0.565. The number of likely N-dealkylation sites (tertiary alicyclic amines) is 1. The number of hydrogen-bond acceptors (Lipinski definition) is 2. The van der Waals surface area contributed by atoms with Crippen molar-refractivity contribution in [3.63, 3.8) is 0 Å². The van der Waals surface area contributed by atoms with Crippen LogP contribution in [-0.4, -0.2) is 31.1 Å². The smallest absolute Gasteiger partial charge is 0.312 e. The van der Waals surface area contributed by atoms with Crippen LogP contribution in [0.3, 0.4) is 0 Å². The van der Waals surface area contributed by atoms with Gasteiger partial charge in [0.05, 0.1) is 13.1 Å². The van der Waals surface area contributed by atoms with E-state index in [4.69, 9.17) is 5.73 Å². The third kappa shape index (κ3) is 6.05. The van der Waals surface area contributed by atoms with Crippen molar-refractivity contribution in [1.29, 1.82) is 0 Å². The third-order valence-corrected chi connectivity index (χ3v) is 5.05. The molecule has 1 aromatic carbocycles. The van der Waals surface area contributed by atoms with Crippen LogP contribution >= 0.6 is 0 Å². The zero-order valence-corrected chi connectivity index (χ0v) is 15.3. The molecule has 0 unspecified atom stereocenters. The van der Waals surface area contributed by atoms with Crippen LogP contribution in [0.2, 0.25) is 0 Å². The van der Waals surface area contributed by atoms with E-state index in [0.29, 0.717) is 6.54 Å². The van der Waals surface area contributed by atoms with Crippen LogP contribution in [0.1, 0.15) is 44.2 Å². The first kappa shape index (κ1) is 19.2. The molecule has 5 N–H and O–H groups in total. The number of urea groups is 1. The molecule has 0 radical (unpaired) electrons. The van der Waals surface area contributed by atoms with Gasteiger partial charge < -0.3 is 21.3 Å². The van der Waals surface area contributed by atoms with Gasteiger partial charge in [-0.25, -0.2) is 4.79 Å². The van der Waals surface area contributed by atoms with Gasteiger partial charge >= 0.3 is 6.03 Å². The van der Waals surface area contributed by atoms with Gasteiger partial charge in [-0.3, -0.25) is 4.79 Å². The molecule has 0 aliphatic carbocycles. The number of rotatable bonds is 8. The summed E-state index contributed by atoms with van der Waals surface area (Å²) in [6.45, 7) is 7.96. The van der Waals surface area contributed by atoms with Gasteiger partial charge in [-0.15, -0.1) is 0 Å². The Morgan fingerprint density at radius 3 is 2.32 bits per heavy atom. The second kappa shape index (κ2) is 9.42. The summed E-state index contributed by atoms with van der Waals surface area (Å²) < 4.78 is 0. The van der Waals surface area contributed by atoms with Crippen LogP contribution in [-0.2, 0) is 17.9 Å². The number of primary amides is 1. The molecule has 1 saturated heterocycles. The lowest BCUT2D eigenvalue weighted by Gasteiger charge is -2.22. The maximum absolute atomic E-state index is 12.4. The predicted molar refractivity (Wildman–Crippen MR) is 97.9 cm³/mol. The molecule has 1 aromatic rings. The number of hydrogen-bond donors (Lipinski definition) is 4. The van der Waals surface area contributed by atoms with E-state index in [1.54, 1.807) is 4.90 Å². The topological polar surface area (TPSA) is 88.7 Å². The summed E-state index contributed by atoms with van der Waals surface area (Å²) >= 11 is 0. The Labute approximate surface area is 150 Å². The fourth-order valence-corrected chi connectivity index (χ4v) is 3.27. The maximum atomic E-state index is 12.4. The van der Waals surface area contributed by atoms with Crippen LogP contribution in [0.5, 0.6) is 0 Å². The van der Waals surface area contributed by atoms with Crippen LogP contribution in [0, 0.1) is 5.92 Å². The average Bonchev–Trinajstić information content (AvgIpc) is 3.11. The second-order valence-electron chi connectivity index (χ2n) is 7.04. The van der Waals surface area contributed by atoms with E-state index in [2.05, 4.69) is 34.9 Å². The van der Waals surface area contributed by atoms with Gasteiger partial charge in [0.2, 0.25) is 5.91 Å². The van der Waals surface area contributed by atoms with Crippen molar-refractivity contribution in [2.75, 3.05) is 13.1 Å². The highest BCUT2D eigenvalue weighted by Crippen LogP contribution is 2.09. The molecule has 3 amide bonds. The highest BCUT2D eigenvalue weighted by molar-refractivity contribution is 5.86. The summed E-state index contributed by atoms with van der Waals surface area (Å²) in [5, 5.41) is 5.44. The van der Waals surface area contributed by atoms with E-state index in [-0.39, 0.29) is 11.8 Å². The summed E-state index contributed by atoms with van der Waals surface area (Å²) in [6, 6.07) is 7.13. The number of carbonyl (C=O) groups excluding carboxylic acids is 2.